The quantitative estimate of drug-likeness (QED) is 0.628. The number of fused-ring (bicyclic) bond motifs is 2. The van der Waals surface area contributed by atoms with Crippen LogP contribution in [-0.2, 0) is 10.3 Å². The first-order valence-electron chi connectivity index (χ1n) is 8.09. The van der Waals surface area contributed by atoms with Crippen LogP contribution in [0.5, 0.6) is 0 Å². The van der Waals surface area contributed by atoms with Crippen LogP contribution in [0.1, 0.15) is 17.0 Å². The molecule has 136 valence electrons. The van der Waals surface area contributed by atoms with Crippen molar-refractivity contribution in [2.75, 3.05) is 11.9 Å². The Morgan fingerprint density at radius 3 is 2.77 bits per heavy atom. The molecule has 2 aromatic carbocycles. The molecule has 1 saturated heterocycles. The summed E-state index contributed by atoms with van der Waals surface area (Å²) >= 11 is 12.0. The lowest BCUT2D eigenvalue weighted by molar-refractivity contribution is -0.122. The van der Waals surface area contributed by atoms with E-state index in [2.05, 4.69) is 10.6 Å². The van der Waals surface area contributed by atoms with Gasteiger partial charge < -0.3 is 16.2 Å². The third-order valence-corrected chi connectivity index (χ3v) is 5.78. The maximum absolute atomic E-state index is 14.8. The molecule has 0 bridgehead atoms. The summed E-state index contributed by atoms with van der Waals surface area (Å²) < 4.78 is 14.8. The highest BCUT2D eigenvalue weighted by molar-refractivity contribution is 6.31. The Hall–Kier alpha value is -1.70. The van der Waals surface area contributed by atoms with E-state index in [1.807, 2.05) is 0 Å². The molecule has 1 amide bonds. The predicted molar refractivity (Wildman–Crippen MR) is 97.9 cm³/mol. The van der Waals surface area contributed by atoms with Crippen LogP contribution in [0.15, 0.2) is 36.4 Å². The SMILES string of the molecule is N[C@@H]1[C@H](CO)N[C@@]2(C(=O)Nc3cc(Cl)ccc32)[C@H]1c1cccc(Cl)c1F. The van der Waals surface area contributed by atoms with Gasteiger partial charge in [-0.25, -0.2) is 4.39 Å². The molecule has 0 radical (unpaired) electrons. The summed E-state index contributed by atoms with van der Waals surface area (Å²) in [5, 5.41) is 16.1. The molecular formula is C18H16Cl2FN3O2. The van der Waals surface area contributed by atoms with Crippen molar-refractivity contribution in [3.8, 4) is 0 Å². The van der Waals surface area contributed by atoms with Gasteiger partial charge in [0.1, 0.15) is 11.4 Å². The number of carbonyl (C=O) groups is 1. The lowest BCUT2D eigenvalue weighted by atomic mass is 9.74. The number of nitrogens with two attached hydrogens (primary N) is 1. The minimum atomic E-state index is -1.32. The van der Waals surface area contributed by atoms with Crippen molar-refractivity contribution in [2.45, 2.75) is 23.5 Å². The number of carbonyl (C=O) groups excluding carboxylic acids is 1. The monoisotopic (exact) mass is 395 g/mol. The van der Waals surface area contributed by atoms with Crippen LogP contribution in [0, 0.1) is 5.82 Å². The van der Waals surface area contributed by atoms with Gasteiger partial charge in [-0.15, -0.1) is 0 Å². The summed E-state index contributed by atoms with van der Waals surface area (Å²) in [5.74, 6) is -1.75. The second-order valence-electron chi connectivity index (χ2n) is 6.58. The third kappa shape index (κ3) is 2.30. The highest BCUT2D eigenvalue weighted by atomic mass is 35.5. The number of rotatable bonds is 2. The molecule has 4 rings (SSSR count). The first kappa shape index (κ1) is 17.7. The number of anilines is 1. The maximum Gasteiger partial charge on any atom is 0.250 e. The van der Waals surface area contributed by atoms with Crippen molar-refractivity contribution in [2.24, 2.45) is 5.73 Å². The number of hydrogen-bond donors (Lipinski definition) is 4. The molecule has 2 aliphatic heterocycles. The molecule has 1 fully saturated rings. The van der Waals surface area contributed by atoms with E-state index in [-0.39, 0.29) is 23.1 Å². The molecule has 2 heterocycles. The molecule has 5 nitrogen and oxygen atoms in total. The average molecular weight is 396 g/mol. The first-order valence-corrected chi connectivity index (χ1v) is 8.85. The fourth-order valence-electron chi connectivity index (χ4n) is 4.13. The zero-order chi connectivity index (χ0) is 18.6. The van der Waals surface area contributed by atoms with Crippen LogP contribution in [-0.4, -0.2) is 29.7 Å². The number of aliphatic hydroxyl groups excluding tert-OH is 1. The number of halogens is 3. The van der Waals surface area contributed by atoms with E-state index < -0.39 is 29.4 Å². The summed E-state index contributed by atoms with van der Waals surface area (Å²) in [6, 6.07) is 8.32. The van der Waals surface area contributed by atoms with Gasteiger partial charge in [-0.1, -0.05) is 41.4 Å². The standard InChI is InChI=1S/C18H16Cl2FN3O2/c19-8-4-5-10-12(6-8)23-17(26)18(10)14(16(22)13(7-25)24-18)9-2-1-3-11(20)15(9)21/h1-6,13-14,16,24-25H,7,22H2,(H,23,26)/t13-,14-,16+,18+/m0/s1. The molecule has 5 N–H and O–H groups in total. The minimum Gasteiger partial charge on any atom is -0.395 e. The molecule has 0 aromatic heterocycles. The lowest BCUT2D eigenvalue weighted by Gasteiger charge is -2.31. The Kier molecular flexibility index (Phi) is 4.21. The minimum absolute atomic E-state index is 0.0490. The van der Waals surface area contributed by atoms with Gasteiger partial charge in [-0.3, -0.25) is 10.1 Å². The van der Waals surface area contributed by atoms with Crippen molar-refractivity contribution in [3.05, 3.63) is 63.4 Å². The van der Waals surface area contributed by atoms with Crippen LogP contribution in [0.2, 0.25) is 10.0 Å². The number of benzene rings is 2. The largest absolute Gasteiger partial charge is 0.395 e. The fraction of sp³-hybridized carbons (Fsp3) is 0.278. The molecule has 0 aliphatic carbocycles. The number of aliphatic hydroxyl groups is 1. The van der Waals surface area contributed by atoms with Gasteiger partial charge in [0, 0.05) is 34.3 Å². The molecule has 26 heavy (non-hydrogen) atoms. The van der Waals surface area contributed by atoms with Crippen LogP contribution in [0.3, 0.4) is 0 Å². The summed E-state index contributed by atoms with van der Waals surface area (Å²) in [7, 11) is 0. The van der Waals surface area contributed by atoms with Gasteiger partial charge in [0.15, 0.2) is 0 Å². The molecule has 4 atom stereocenters. The van der Waals surface area contributed by atoms with Crippen molar-refractivity contribution < 1.29 is 14.3 Å². The number of hydrogen-bond acceptors (Lipinski definition) is 4. The van der Waals surface area contributed by atoms with Crippen LogP contribution in [0.4, 0.5) is 10.1 Å². The van der Waals surface area contributed by atoms with E-state index >= 15 is 0 Å². The molecular weight excluding hydrogens is 380 g/mol. The molecule has 0 unspecified atom stereocenters. The van der Waals surface area contributed by atoms with E-state index in [9.17, 15) is 14.3 Å². The molecule has 2 aliphatic rings. The summed E-state index contributed by atoms with van der Waals surface area (Å²) in [6.45, 7) is -0.294. The van der Waals surface area contributed by atoms with Crippen LogP contribution >= 0.6 is 23.2 Å². The first-order chi connectivity index (χ1) is 12.4. The van der Waals surface area contributed by atoms with Gasteiger partial charge in [0.25, 0.3) is 0 Å². The van der Waals surface area contributed by atoms with Gasteiger partial charge in [0.2, 0.25) is 5.91 Å². The Bertz CT molecular complexity index is 910. The van der Waals surface area contributed by atoms with Crippen LogP contribution < -0.4 is 16.4 Å². The van der Waals surface area contributed by atoms with Gasteiger partial charge in [-0.2, -0.15) is 0 Å². The summed E-state index contributed by atoms with van der Waals surface area (Å²) in [5.41, 5.74) is 6.41. The van der Waals surface area contributed by atoms with E-state index in [1.54, 1.807) is 30.3 Å². The smallest absolute Gasteiger partial charge is 0.250 e. The number of nitrogens with one attached hydrogen (secondary N) is 2. The zero-order valence-corrected chi connectivity index (χ0v) is 15.0. The van der Waals surface area contributed by atoms with E-state index in [0.29, 0.717) is 16.3 Å². The molecule has 0 saturated carbocycles. The molecule has 8 heteroatoms. The Morgan fingerprint density at radius 1 is 1.27 bits per heavy atom. The average Bonchev–Trinajstić information content (AvgIpc) is 3.05. The highest BCUT2D eigenvalue weighted by Crippen LogP contribution is 2.52. The second kappa shape index (κ2) is 6.18. The van der Waals surface area contributed by atoms with Crippen LogP contribution in [0.25, 0.3) is 0 Å². The van der Waals surface area contributed by atoms with Gasteiger partial charge >= 0.3 is 0 Å². The van der Waals surface area contributed by atoms with E-state index in [1.165, 1.54) is 6.07 Å². The topological polar surface area (TPSA) is 87.4 Å². The fourth-order valence-corrected chi connectivity index (χ4v) is 4.48. The Balaban J connectivity index is 1.97. The Labute approximate surface area is 159 Å². The third-order valence-electron chi connectivity index (χ3n) is 5.26. The van der Waals surface area contributed by atoms with Crippen molar-refractivity contribution in [1.82, 2.24) is 5.32 Å². The molecule has 2 aromatic rings. The maximum atomic E-state index is 14.8. The Morgan fingerprint density at radius 2 is 2.04 bits per heavy atom. The normalized spacial score (nSPS) is 29.9. The van der Waals surface area contributed by atoms with Crippen molar-refractivity contribution in [3.63, 3.8) is 0 Å². The zero-order valence-electron chi connectivity index (χ0n) is 13.5. The van der Waals surface area contributed by atoms with Crippen molar-refractivity contribution in [1.29, 1.82) is 0 Å². The predicted octanol–water partition coefficient (Wildman–Crippen LogP) is 2.36. The number of amides is 1. The lowest BCUT2D eigenvalue weighted by Crippen LogP contribution is -2.49. The summed E-state index contributed by atoms with van der Waals surface area (Å²) in [6.07, 6.45) is 0. The van der Waals surface area contributed by atoms with E-state index in [0.717, 1.165) is 0 Å². The van der Waals surface area contributed by atoms with Gasteiger partial charge in [0.05, 0.1) is 11.6 Å². The second-order valence-corrected chi connectivity index (χ2v) is 7.43. The van der Waals surface area contributed by atoms with Gasteiger partial charge in [-0.05, 0) is 23.8 Å². The summed E-state index contributed by atoms with van der Waals surface area (Å²) in [4.78, 5) is 13.0. The van der Waals surface area contributed by atoms with E-state index in [4.69, 9.17) is 28.9 Å². The van der Waals surface area contributed by atoms with Crippen molar-refractivity contribution >= 4 is 34.8 Å². The highest BCUT2D eigenvalue weighted by Gasteiger charge is 2.61. The molecule has 1 spiro atoms.